The first-order chi connectivity index (χ1) is 8.52. The van der Waals surface area contributed by atoms with Crippen molar-refractivity contribution < 1.29 is 9.53 Å². The minimum absolute atomic E-state index is 0.0827. The quantitative estimate of drug-likeness (QED) is 0.853. The van der Waals surface area contributed by atoms with E-state index in [1.165, 1.54) is 20.0 Å². The Kier molecular flexibility index (Phi) is 3.66. The van der Waals surface area contributed by atoms with Gasteiger partial charge in [0.15, 0.2) is 0 Å². The van der Waals surface area contributed by atoms with E-state index in [1.54, 1.807) is 24.1 Å². The Morgan fingerprint density at radius 2 is 2.22 bits per heavy atom. The summed E-state index contributed by atoms with van der Waals surface area (Å²) in [6.07, 6.45) is 2.41. The number of carbonyl (C=O) groups is 1. The molecule has 1 fully saturated rings. The van der Waals surface area contributed by atoms with Crippen molar-refractivity contribution in [1.29, 1.82) is 0 Å². The van der Waals surface area contributed by atoms with Crippen LogP contribution in [0.2, 0.25) is 5.02 Å². The van der Waals surface area contributed by atoms with E-state index in [0.29, 0.717) is 27.9 Å². The molecule has 18 heavy (non-hydrogen) atoms. The number of halogens is 1. The molecule has 1 saturated carbocycles. The van der Waals surface area contributed by atoms with Gasteiger partial charge in [0, 0.05) is 19.7 Å². The van der Waals surface area contributed by atoms with Crippen molar-refractivity contribution in [1.82, 2.24) is 4.90 Å². The number of benzene rings is 1. The van der Waals surface area contributed by atoms with E-state index in [0.717, 1.165) is 6.54 Å². The maximum Gasteiger partial charge on any atom is 0.257 e. The van der Waals surface area contributed by atoms with Gasteiger partial charge in [0.25, 0.3) is 5.91 Å². The number of nitrogens with zero attached hydrogens (tertiary/aromatic N) is 1. The third-order valence-electron chi connectivity index (χ3n) is 3.12. The van der Waals surface area contributed by atoms with Gasteiger partial charge < -0.3 is 15.4 Å². The molecule has 0 aliphatic heterocycles. The van der Waals surface area contributed by atoms with Gasteiger partial charge in [-0.3, -0.25) is 4.79 Å². The summed E-state index contributed by atoms with van der Waals surface area (Å²) in [5.41, 5.74) is 6.57. The topological polar surface area (TPSA) is 55.6 Å². The van der Waals surface area contributed by atoms with E-state index in [4.69, 9.17) is 22.1 Å². The predicted molar refractivity (Wildman–Crippen MR) is 72.1 cm³/mol. The Labute approximate surface area is 112 Å². The summed E-state index contributed by atoms with van der Waals surface area (Å²) in [7, 11) is 3.31. The standard InChI is InChI=1S/C13H17ClN2O2/c1-16(7-8-3-4-8)13(17)9-5-10(14)11(15)6-12(9)18-2/h5-6,8H,3-4,7,15H2,1-2H3. The lowest BCUT2D eigenvalue weighted by Crippen LogP contribution is -2.29. The number of methoxy groups -OCH3 is 1. The van der Waals surface area contributed by atoms with Crippen molar-refractivity contribution in [2.45, 2.75) is 12.8 Å². The van der Waals surface area contributed by atoms with Crippen molar-refractivity contribution in [3.63, 3.8) is 0 Å². The molecule has 1 amide bonds. The number of hydrogen-bond donors (Lipinski definition) is 1. The number of nitrogens with two attached hydrogens (primary N) is 1. The van der Waals surface area contributed by atoms with E-state index in [9.17, 15) is 4.79 Å². The zero-order chi connectivity index (χ0) is 13.3. The second-order valence-electron chi connectivity index (χ2n) is 4.70. The van der Waals surface area contributed by atoms with Crippen LogP contribution in [0.5, 0.6) is 5.75 Å². The maximum atomic E-state index is 12.3. The van der Waals surface area contributed by atoms with Gasteiger partial charge in [0.05, 0.1) is 23.4 Å². The van der Waals surface area contributed by atoms with Crippen LogP contribution in [-0.2, 0) is 0 Å². The number of amides is 1. The Morgan fingerprint density at radius 1 is 1.56 bits per heavy atom. The molecule has 0 spiro atoms. The first kappa shape index (κ1) is 13.0. The first-order valence-corrected chi connectivity index (χ1v) is 6.29. The van der Waals surface area contributed by atoms with Crippen LogP contribution in [0.4, 0.5) is 5.69 Å². The summed E-state index contributed by atoms with van der Waals surface area (Å²) in [6, 6.07) is 3.15. The molecule has 1 aliphatic rings. The lowest BCUT2D eigenvalue weighted by molar-refractivity contribution is 0.0785. The number of rotatable bonds is 4. The fourth-order valence-electron chi connectivity index (χ4n) is 1.88. The maximum absolute atomic E-state index is 12.3. The average molecular weight is 269 g/mol. The highest BCUT2D eigenvalue weighted by Crippen LogP contribution is 2.32. The summed E-state index contributed by atoms with van der Waals surface area (Å²) in [6.45, 7) is 0.782. The second kappa shape index (κ2) is 5.06. The molecule has 1 aliphatic carbocycles. The molecular weight excluding hydrogens is 252 g/mol. The summed E-state index contributed by atoms with van der Waals surface area (Å²) in [5, 5.41) is 0.374. The number of nitrogen functional groups attached to an aromatic ring is 1. The Hall–Kier alpha value is -1.42. The number of carbonyl (C=O) groups excluding carboxylic acids is 1. The van der Waals surface area contributed by atoms with Crippen LogP contribution in [-0.4, -0.2) is 31.5 Å². The Balaban J connectivity index is 2.24. The Bertz CT molecular complexity index is 472. The number of anilines is 1. The molecule has 0 atom stereocenters. The second-order valence-corrected chi connectivity index (χ2v) is 5.11. The third-order valence-corrected chi connectivity index (χ3v) is 3.45. The molecule has 0 radical (unpaired) electrons. The van der Waals surface area contributed by atoms with E-state index < -0.39 is 0 Å². The van der Waals surface area contributed by atoms with Gasteiger partial charge in [-0.1, -0.05) is 11.6 Å². The van der Waals surface area contributed by atoms with Crippen molar-refractivity contribution in [3.05, 3.63) is 22.7 Å². The minimum Gasteiger partial charge on any atom is -0.496 e. The summed E-state index contributed by atoms with van der Waals surface area (Å²) >= 11 is 5.96. The zero-order valence-electron chi connectivity index (χ0n) is 10.6. The van der Waals surface area contributed by atoms with Crippen LogP contribution >= 0.6 is 11.6 Å². The fourth-order valence-corrected chi connectivity index (χ4v) is 2.05. The largest absolute Gasteiger partial charge is 0.496 e. The highest BCUT2D eigenvalue weighted by Gasteiger charge is 2.26. The van der Waals surface area contributed by atoms with Crippen molar-refractivity contribution in [3.8, 4) is 5.75 Å². The molecule has 1 aromatic rings. The number of hydrogen-bond acceptors (Lipinski definition) is 3. The average Bonchev–Trinajstić information content (AvgIpc) is 3.15. The van der Waals surface area contributed by atoms with E-state index in [1.807, 2.05) is 0 Å². The van der Waals surface area contributed by atoms with Crippen LogP contribution in [0.3, 0.4) is 0 Å². The zero-order valence-corrected chi connectivity index (χ0v) is 11.3. The van der Waals surface area contributed by atoms with Crippen LogP contribution in [0.15, 0.2) is 12.1 Å². The first-order valence-electron chi connectivity index (χ1n) is 5.91. The third kappa shape index (κ3) is 2.70. The molecule has 0 heterocycles. The van der Waals surface area contributed by atoms with Crippen LogP contribution in [0.25, 0.3) is 0 Å². The normalized spacial score (nSPS) is 14.4. The van der Waals surface area contributed by atoms with Gasteiger partial charge in [0.2, 0.25) is 0 Å². The van der Waals surface area contributed by atoms with Gasteiger partial charge in [-0.2, -0.15) is 0 Å². The fraction of sp³-hybridized carbons (Fsp3) is 0.462. The highest BCUT2D eigenvalue weighted by molar-refractivity contribution is 6.33. The highest BCUT2D eigenvalue weighted by atomic mass is 35.5. The summed E-state index contributed by atoms with van der Waals surface area (Å²) < 4.78 is 5.19. The van der Waals surface area contributed by atoms with Gasteiger partial charge in [-0.25, -0.2) is 0 Å². The van der Waals surface area contributed by atoms with Gasteiger partial charge >= 0.3 is 0 Å². The molecule has 0 saturated heterocycles. The summed E-state index contributed by atoms with van der Waals surface area (Å²) in [4.78, 5) is 14.0. The molecule has 1 aromatic carbocycles. The van der Waals surface area contributed by atoms with Crippen LogP contribution in [0.1, 0.15) is 23.2 Å². The lowest BCUT2D eigenvalue weighted by Gasteiger charge is -2.19. The molecule has 4 nitrogen and oxygen atoms in total. The molecule has 5 heteroatoms. The van der Waals surface area contributed by atoms with Crippen molar-refractivity contribution in [2.75, 3.05) is 26.4 Å². The van der Waals surface area contributed by atoms with Crippen molar-refractivity contribution in [2.24, 2.45) is 5.92 Å². The SMILES string of the molecule is COc1cc(N)c(Cl)cc1C(=O)N(C)CC1CC1. The monoisotopic (exact) mass is 268 g/mol. The molecule has 0 bridgehead atoms. The summed E-state index contributed by atoms with van der Waals surface area (Å²) in [5.74, 6) is 1.03. The number of ether oxygens (including phenoxy) is 1. The van der Waals surface area contributed by atoms with Gasteiger partial charge in [-0.05, 0) is 24.8 Å². The molecule has 0 aromatic heterocycles. The van der Waals surface area contributed by atoms with E-state index in [-0.39, 0.29) is 5.91 Å². The predicted octanol–water partition coefficient (Wildman–Crippen LogP) is 2.41. The lowest BCUT2D eigenvalue weighted by atomic mass is 10.1. The van der Waals surface area contributed by atoms with Gasteiger partial charge in [-0.15, -0.1) is 0 Å². The molecular formula is C13H17ClN2O2. The Morgan fingerprint density at radius 3 is 2.78 bits per heavy atom. The smallest absolute Gasteiger partial charge is 0.257 e. The van der Waals surface area contributed by atoms with Crippen LogP contribution < -0.4 is 10.5 Å². The van der Waals surface area contributed by atoms with E-state index in [2.05, 4.69) is 0 Å². The molecule has 98 valence electrons. The van der Waals surface area contributed by atoms with E-state index >= 15 is 0 Å². The van der Waals surface area contributed by atoms with Crippen LogP contribution in [0, 0.1) is 5.92 Å². The minimum atomic E-state index is -0.0827. The molecule has 2 rings (SSSR count). The van der Waals surface area contributed by atoms with Crippen molar-refractivity contribution >= 4 is 23.2 Å². The molecule has 0 unspecified atom stereocenters. The van der Waals surface area contributed by atoms with Gasteiger partial charge in [0.1, 0.15) is 5.75 Å². The molecule has 2 N–H and O–H groups in total.